The average Bonchev–Trinajstić information content (AvgIpc) is 3.18. The minimum absolute atomic E-state index is 0.0741. The maximum Gasteiger partial charge on any atom is 0.449 e. The second-order valence-electron chi connectivity index (χ2n) is 5.25. The van der Waals surface area contributed by atoms with E-state index < -0.39 is 12.0 Å². The van der Waals surface area contributed by atoms with Crippen LogP contribution in [0.4, 0.5) is 19.0 Å². The number of nitrogens with zero attached hydrogens (tertiary/aromatic N) is 7. The minimum atomic E-state index is -4.53. The van der Waals surface area contributed by atoms with Crippen LogP contribution in [0.5, 0.6) is 0 Å². The highest BCUT2D eigenvalue weighted by Crippen LogP contribution is 2.31. The first kappa shape index (κ1) is 15.3. The molecule has 0 unspecified atom stereocenters. The molecule has 0 aliphatic rings. The molecular weight excluding hydrogens is 337 g/mol. The van der Waals surface area contributed by atoms with Crippen LogP contribution in [0.1, 0.15) is 5.82 Å². The van der Waals surface area contributed by atoms with Crippen molar-refractivity contribution in [3.63, 3.8) is 0 Å². The van der Waals surface area contributed by atoms with Gasteiger partial charge in [-0.05, 0) is 34.7 Å². The third-order valence-electron chi connectivity index (χ3n) is 3.62. The first-order valence-electron chi connectivity index (χ1n) is 7.34. The fraction of sp³-hybridized carbons (Fsp3) is 0.214. The number of hydrogen-bond acceptors (Lipinski definition) is 6. The van der Waals surface area contributed by atoms with Crippen LogP contribution < -0.4 is 5.32 Å². The first-order chi connectivity index (χ1) is 12.0. The monoisotopic (exact) mass is 348 g/mol. The molecule has 11 heteroatoms. The van der Waals surface area contributed by atoms with E-state index >= 15 is 0 Å². The number of imidazole rings is 1. The number of aromatic nitrogens is 7. The summed E-state index contributed by atoms with van der Waals surface area (Å²) in [5, 5.41) is 17.9. The Morgan fingerprint density at radius 1 is 1.08 bits per heavy atom. The Bertz CT molecular complexity index is 1040. The van der Waals surface area contributed by atoms with E-state index in [4.69, 9.17) is 0 Å². The number of fused-ring (bicyclic) bond motifs is 2. The summed E-state index contributed by atoms with van der Waals surface area (Å²) >= 11 is 0. The predicted octanol–water partition coefficient (Wildman–Crippen LogP) is 2.00. The summed E-state index contributed by atoms with van der Waals surface area (Å²) in [6.07, 6.45) is -4.53. The van der Waals surface area contributed by atoms with Gasteiger partial charge in [0.25, 0.3) is 0 Å². The molecule has 0 aliphatic heterocycles. The topological polar surface area (TPSA) is 85.8 Å². The van der Waals surface area contributed by atoms with Crippen molar-refractivity contribution in [2.24, 2.45) is 0 Å². The molecule has 0 amide bonds. The number of nitrogens with one attached hydrogen (secondary N) is 1. The van der Waals surface area contributed by atoms with Crippen LogP contribution in [0.15, 0.2) is 36.4 Å². The molecule has 0 atom stereocenters. The summed E-state index contributed by atoms with van der Waals surface area (Å²) in [7, 11) is 0. The molecule has 128 valence electrons. The molecule has 0 spiro atoms. The van der Waals surface area contributed by atoms with Crippen molar-refractivity contribution < 1.29 is 13.2 Å². The van der Waals surface area contributed by atoms with Crippen LogP contribution in [-0.2, 0) is 12.7 Å². The van der Waals surface area contributed by atoms with Gasteiger partial charge in [0.2, 0.25) is 5.82 Å². The summed E-state index contributed by atoms with van der Waals surface area (Å²) in [6.45, 7) is 0.300. The number of hydrogen-bond donors (Lipinski definition) is 1. The van der Waals surface area contributed by atoms with E-state index in [9.17, 15) is 13.2 Å². The van der Waals surface area contributed by atoms with Crippen LogP contribution >= 0.6 is 0 Å². The quantitative estimate of drug-likeness (QED) is 0.607. The molecule has 0 aliphatic carbocycles. The van der Waals surface area contributed by atoms with E-state index in [1.165, 1.54) is 4.63 Å². The second-order valence-corrected chi connectivity index (χ2v) is 5.25. The van der Waals surface area contributed by atoms with Crippen LogP contribution in [0.3, 0.4) is 0 Å². The van der Waals surface area contributed by atoms with Crippen molar-refractivity contribution in [1.29, 1.82) is 0 Å². The van der Waals surface area contributed by atoms with Gasteiger partial charge in [0.15, 0.2) is 5.65 Å². The van der Waals surface area contributed by atoms with E-state index in [1.807, 2.05) is 0 Å². The zero-order valence-electron chi connectivity index (χ0n) is 12.6. The number of benzene rings is 1. The van der Waals surface area contributed by atoms with E-state index in [0.29, 0.717) is 22.5 Å². The zero-order valence-corrected chi connectivity index (χ0v) is 12.6. The van der Waals surface area contributed by atoms with Crippen molar-refractivity contribution in [3.05, 3.63) is 42.2 Å². The number of anilines is 1. The second kappa shape index (κ2) is 5.69. The summed E-state index contributed by atoms with van der Waals surface area (Å²) in [5.41, 5.74) is 1.22. The lowest BCUT2D eigenvalue weighted by Gasteiger charge is -2.12. The maximum absolute atomic E-state index is 13.2. The number of para-hydroxylation sites is 2. The van der Waals surface area contributed by atoms with Gasteiger partial charge in [-0.25, -0.2) is 4.98 Å². The van der Waals surface area contributed by atoms with Crippen molar-refractivity contribution in [1.82, 2.24) is 34.8 Å². The van der Waals surface area contributed by atoms with Crippen LogP contribution in [0.2, 0.25) is 0 Å². The minimum Gasteiger partial charge on any atom is -0.367 e. The molecule has 8 nitrogen and oxygen atoms in total. The molecular formula is C14H11F3N8. The Kier molecular flexibility index (Phi) is 3.48. The highest BCUT2D eigenvalue weighted by Gasteiger charge is 2.37. The largest absolute Gasteiger partial charge is 0.449 e. The fourth-order valence-electron chi connectivity index (χ4n) is 2.56. The molecule has 0 saturated heterocycles. The van der Waals surface area contributed by atoms with Gasteiger partial charge in [-0.2, -0.15) is 13.2 Å². The molecule has 3 aromatic heterocycles. The van der Waals surface area contributed by atoms with Crippen molar-refractivity contribution >= 4 is 22.5 Å². The van der Waals surface area contributed by atoms with Crippen LogP contribution in [0, 0.1) is 0 Å². The summed E-state index contributed by atoms with van der Waals surface area (Å²) in [4.78, 5) is 3.71. The van der Waals surface area contributed by atoms with E-state index in [1.54, 1.807) is 36.4 Å². The number of tetrazole rings is 1. The first-order valence-corrected chi connectivity index (χ1v) is 7.34. The lowest BCUT2D eigenvalue weighted by Crippen LogP contribution is -2.19. The van der Waals surface area contributed by atoms with Gasteiger partial charge in [0, 0.05) is 13.1 Å². The molecule has 1 aromatic carbocycles. The maximum atomic E-state index is 13.2. The number of halogens is 3. The van der Waals surface area contributed by atoms with Crippen molar-refractivity contribution in [2.45, 2.75) is 12.7 Å². The molecule has 4 aromatic rings. The van der Waals surface area contributed by atoms with E-state index in [0.717, 1.165) is 4.57 Å². The Morgan fingerprint density at radius 2 is 1.92 bits per heavy atom. The van der Waals surface area contributed by atoms with Gasteiger partial charge >= 0.3 is 6.18 Å². The third kappa shape index (κ3) is 2.84. The summed E-state index contributed by atoms with van der Waals surface area (Å²) in [6, 6.07) is 9.82. The van der Waals surface area contributed by atoms with Gasteiger partial charge in [0.05, 0.1) is 11.0 Å². The zero-order chi connectivity index (χ0) is 17.4. The summed E-state index contributed by atoms with van der Waals surface area (Å²) in [5.74, 6) is -0.461. The molecule has 0 radical (unpaired) electrons. The smallest absolute Gasteiger partial charge is 0.367 e. The molecule has 4 rings (SSSR count). The SMILES string of the molecule is FC(F)(F)c1nc2ccccc2n1CCNc1ccc2nnnn2n1. The predicted molar refractivity (Wildman–Crippen MR) is 81.8 cm³/mol. The Morgan fingerprint density at radius 3 is 2.76 bits per heavy atom. The molecule has 3 heterocycles. The molecule has 0 fully saturated rings. The lowest BCUT2D eigenvalue weighted by atomic mass is 10.3. The Hall–Kier alpha value is -3.24. The molecule has 0 bridgehead atoms. The normalized spacial score (nSPS) is 12.1. The number of rotatable bonds is 4. The fourth-order valence-corrected chi connectivity index (χ4v) is 2.56. The van der Waals surface area contributed by atoms with Gasteiger partial charge in [-0.3, -0.25) is 0 Å². The molecule has 0 saturated carbocycles. The number of alkyl halides is 3. The molecule has 1 N–H and O–H groups in total. The van der Waals surface area contributed by atoms with Gasteiger partial charge < -0.3 is 9.88 Å². The standard InChI is InChI=1S/C14H11F3N8/c15-14(16,17)13-19-9-3-1-2-4-10(9)24(13)8-7-18-11-5-6-12-20-22-23-25(12)21-11/h1-6H,7-8H2,(H,18,21). The Balaban J connectivity index is 1.57. The van der Waals surface area contributed by atoms with Gasteiger partial charge in [0.1, 0.15) is 5.82 Å². The van der Waals surface area contributed by atoms with Crippen LogP contribution in [0.25, 0.3) is 16.7 Å². The average molecular weight is 348 g/mol. The lowest BCUT2D eigenvalue weighted by molar-refractivity contribution is -0.146. The van der Waals surface area contributed by atoms with Gasteiger partial charge in [-0.1, -0.05) is 12.1 Å². The van der Waals surface area contributed by atoms with Gasteiger partial charge in [-0.15, -0.1) is 14.8 Å². The van der Waals surface area contributed by atoms with Crippen molar-refractivity contribution in [2.75, 3.05) is 11.9 Å². The van der Waals surface area contributed by atoms with E-state index in [-0.39, 0.29) is 13.1 Å². The molecule has 25 heavy (non-hydrogen) atoms. The highest BCUT2D eigenvalue weighted by atomic mass is 19.4. The third-order valence-corrected chi connectivity index (χ3v) is 3.62. The van der Waals surface area contributed by atoms with E-state index in [2.05, 4.69) is 30.9 Å². The summed E-state index contributed by atoms with van der Waals surface area (Å²) < 4.78 is 42.1. The van der Waals surface area contributed by atoms with Crippen LogP contribution in [-0.4, -0.2) is 41.4 Å². The highest BCUT2D eigenvalue weighted by molar-refractivity contribution is 5.76. The Labute approximate surface area is 138 Å². The van der Waals surface area contributed by atoms with Crippen molar-refractivity contribution in [3.8, 4) is 0 Å².